The van der Waals surface area contributed by atoms with Gasteiger partial charge in [-0.2, -0.15) is 0 Å². The second-order valence-corrected chi connectivity index (χ2v) is 9.91. The number of carbonyl (C=O) groups excluding carboxylic acids is 2. The van der Waals surface area contributed by atoms with Gasteiger partial charge in [0.25, 0.3) is 0 Å². The van der Waals surface area contributed by atoms with Crippen molar-refractivity contribution in [1.29, 1.82) is 0 Å². The van der Waals surface area contributed by atoms with Gasteiger partial charge in [-0.3, -0.25) is 19.4 Å². The summed E-state index contributed by atoms with van der Waals surface area (Å²) in [4.78, 5) is 29.5. The van der Waals surface area contributed by atoms with Gasteiger partial charge >= 0.3 is 0 Å². The van der Waals surface area contributed by atoms with Crippen molar-refractivity contribution in [3.05, 3.63) is 35.4 Å². The zero-order valence-corrected chi connectivity index (χ0v) is 18.4. The zero-order valence-electron chi connectivity index (χ0n) is 18.4. The highest BCUT2D eigenvalue weighted by atomic mass is 16.2. The Balaban J connectivity index is 1.28. The number of fused-ring (bicyclic) bond motifs is 1. The van der Waals surface area contributed by atoms with E-state index < -0.39 is 11.4 Å². The van der Waals surface area contributed by atoms with Crippen molar-refractivity contribution < 1.29 is 9.59 Å². The van der Waals surface area contributed by atoms with E-state index in [4.69, 9.17) is 5.73 Å². The monoisotopic (exact) mass is 412 g/mol. The molecular weight excluding hydrogens is 376 g/mol. The minimum absolute atomic E-state index is 0.0374. The van der Waals surface area contributed by atoms with Crippen molar-refractivity contribution in [2.24, 2.45) is 11.7 Å². The molecule has 6 nitrogen and oxygen atoms in total. The van der Waals surface area contributed by atoms with Gasteiger partial charge in [-0.05, 0) is 83.1 Å². The van der Waals surface area contributed by atoms with Crippen molar-refractivity contribution in [3.63, 3.8) is 0 Å². The topological polar surface area (TPSA) is 78.7 Å². The molecule has 6 heteroatoms. The van der Waals surface area contributed by atoms with Gasteiger partial charge in [-0.15, -0.1) is 0 Å². The number of hydrogen-bond acceptors (Lipinski definition) is 4. The van der Waals surface area contributed by atoms with Gasteiger partial charge in [0.1, 0.15) is 5.54 Å². The van der Waals surface area contributed by atoms with E-state index in [0.717, 1.165) is 39.0 Å². The lowest BCUT2D eigenvalue weighted by molar-refractivity contribution is -0.134. The molecule has 2 heterocycles. The first-order chi connectivity index (χ1) is 14.3. The smallest absolute Gasteiger partial charge is 0.242 e. The Morgan fingerprint density at radius 1 is 0.967 bits per heavy atom. The molecule has 1 unspecified atom stereocenters. The molecule has 1 aromatic rings. The summed E-state index contributed by atoms with van der Waals surface area (Å²) in [6, 6.07) is 10.1. The van der Waals surface area contributed by atoms with Crippen LogP contribution in [0.3, 0.4) is 0 Å². The first-order valence-electron chi connectivity index (χ1n) is 11.5. The number of nitrogens with zero attached hydrogens (tertiary/aromatic N) is 2. The third kappa shape index (κ3) is 4.54. The number of amides is 2. The highest BCUT2D eigenvalue weighted by Crippen LogP contribution is 2.30. The van der Waals surface area contributed by atoms with Crippen LogP contribution >= 0.6 is 0 Å². The Bertz CT molecular complexity index is 760. The standard InChI is InChI=1S/C24H36N4O2/c1-24(2,23(25)30)26-22(29)19-8-5-11-28(16-19)20-9-12-27(13-10-20)21-14-17-6-3-4-7-18(17)15-21/h3-4,6-7,19-21H,5,8-16H2,1-2H3,(H2,25,30)(H,26,29). The Hall–Kier alpha value is -1.92. The van der Waals surface area contributed by atoms with Crippen LogP contribution in [0.2, 0.25) is 0 Å². The predicted octanol–water partition coefficient (Wildman–Crippen LogP) is 1.71. The van der Waals surface area contributed by atoms with Gasteiger partial charge in [0, 0.05) is 18.6 Å². The highest BCUT2D eigenvalue weighted by Gasteiger charge is 2.36. The first kappa shape index (κ1) is 21.3. The molecule has 164 valence electrons. The second kappa shape index (κ2) is 8.67. The molecule has 0 spiro atoms. The molecule has 1 aliphatic carbocycles. The van der Waals surface area contributed by atoms with Crippen LogP contribution < -0.4 is 11.1 Å². The normalized spacial score (nSPS) is 24.5. The van der Waals surface area contributed by atoms with Crippen molar-refractivity contribution in [3.8, 4) is 0 Å². The van der Waals surface area contributed by atoms with E-state index in [0.29, 0.717) is 12.1 Å². The predicted molar refractivity (Wildman–Crippen MR) is 118 cm³/mol. The van der Waals surface area contributed by atoms with Crippen LogP contribution in [0.5, 0.6) is 0 Å². The van der Waals surface area contributed by atoms with Crippen LogP contribution in [-0.2, 0) is 22.4 Å². The summed E-state index contributed by atoms with van der Waals surface area (Å²) in [5.41, 5.74) is 7.46. The van der Waals surface area contributed by atoms with E-state index in [9.17, 15) is 9.59 Å². The Morgan fingerprint density at radius 3 is 2.20 bits per heavy atom. The fraction of sp³-hybridized carbons (Fsp3) is 0.667. The molecule has 30 heavy (non-hydrogen) atoms. The Kier molecular flexibility index (Phi) is 6.16. The molecule has 0 aromatic heterocycles. The molecule has 1 aromatic carbocycles. The summed E-state index contributed by atoms with van der Waals surface area (Å²) < 4.78 is 0. The third-order valence-electron chi connectivity index (χ3n) is 7.44. The van der Waals surface area contributed by atoms with Crippen LogP contribution in [0.1, 0.15) is 50.7 Å². The van der Waals surface area contributed by atoms with Crippen LogP contribution in [0.25, 0.3) is 0 Å². The average molecular weight is 413 g/mol. The number of hydrogen-bond donors (Lipinski definition) is 2. The SMILES string of the molecule is CC(C)(NC(=O)C1CCCN(C2CCN(C3Cc4ccccc4C3)CC2)C1)C(N)=O. The molecule has 3 N–H and O–H groups in total. The minimum atomic E-state index is -0.996. The molecule has 2 fully saturated rings. The second-order valence-electron chi connectivity index (χ2n) is 9.91. The van der Waals surface area contributed by atoms with Gasteiger partial charge in [-0.25, -0.2) is 0 Å². The molecule has 3 aliphatic rings. The lowest BCUT2D eigenvalue weighted by Crippen LogP contribution is -2.57. The number of nitrogens with two attached hydrogens (primary N) is 1. The fourth-order valence-corrected chi connectivity index (χ4v) is 5.43. The summed E-state index contributed by atoms with van der Waals surface area (Å²) >= 11 is 0. The molecule has 0 saturated carbocycles. The quantitative estimate of drug-likeness (QED) is 0.772. The molecule has 0 bridgehead atoms. The molecular formula is C24H36N4O2. The first-order valence-corrected chi connectivity index (χ1v) is 11.5. The van der Waals surface area contributed by atoms with E-state index in [-0.39, 0.29) is 11.8 Å². The van der Waals surface area contributed by atoms with E-state index >= 15 is 0 Å². The number of carbonyl (C=O) groups is 2. The lowest BCUT2D eigenvalue weighted by atomic mass is 9.92. The van der Waals surface area contributed by atoms with Crippen molar-refractivity contribution in [2.75, 3.05) is 26.2 Å². The van der Waals surface area contributed by atoms with E-state index in [1.165, 1.54) is 36.8 Å². The third-order valence-corrected chi connectivity index (χ3v) is 7.44. The Morgan fingerprint density at radius 2 is 1.60 bits per heavy atom. The number of primary amides is 1. The van der Waals surface area contributed by atoms with Gasteiger partial charge in [0.05, 0.1) is 5.92 Å². The van der Waals surface area contributed by atoms with Gasteiger partial charge in [-0.1, -0.05) is 24.3 Å². The number of rotatable bonds is 5. The van der Waals surface area contributed by atoms with E-state index in [2.05, 4.69) is 39.4 Å². The van der Waals surface area contributed by atoms with Crippen LogP contribution in [0.4, 0.5) is 0 Å². The largest absolute Gasteiger partial charge is 0.368 e. The van der Waals surface area contributed by atoms with Crippen LogP contribution in [0.15, 0.2) is 24.3 Å². The summed E-state index contributed by atoms with van der Waals surface area (Å²) in [7, 11) is 0. The van der Waals surface area contributed by atoms with Gasteiger partial charge in [0.2, 0.25) is 11.8 Å². The maximum Gasteiger partial charge on any atom is 0.242 e. The van der Waals surface area contributed by atoms with Gasteiger partial charge < -0.3 is 11.1 Å². The number of nitrogens with one attached hydrogen (secondary N) is 1. The van der Waals surface area contributed by atoms with Gasteiger partial charge in [0.15, 0.2) is 0 Å². The van der Waals surface area contributed by atoms with Crippen molar-refractivity contribution in [2.45, 2.75) is 70.0 Å². The maximum absolute atomic E-state index is 12.7. The summed E-state index contributed by atoms with van der Waals surface area (Å²) in [5.74, 6) is -0.589. The number of benzene rings is 1. The maximum atomic E-state index is 12.7. The number of piperidine rings is 2. The number of likely N-dealkylation sites (tertiary alicyclic amines) is 2. The average Bonchev–Trinajstić information content (AvgIpc) is 3.18. The minimum Gasteiger partial charge on any atom is -0.368 e. The van der Waals surface area contributed by atoms with E-state index in [1.807, 2.05) is 0 Å². The summed E-state index contributed by atoms with van der Waals surface area (Å²) in [6.45, 7) is 7.50. The van der Waals surface area contributed by atoms with E-state index in [1.54, 1.807) is 13.8 Å². The summed E-state index contributed by atoms with van der Waals surface area (Å²) in [5, 5.41) is 2.85. The highest BCUT2D eigenvalue weighted by molar-refractivity contribution is 5.90. The van der Waals surface area contributed by atoms with Crippen LogP contribution in [0, 0.1) is 5.92 Å². The van der Waals surface area contributed by atoms with Crippen molar-refractivity contribution >= 4 is 11.8 Å². The molecule has 4 rings (SSSR count). The van der Waals surface area contributed by atoms with Crippen LogP contribution in [-0.4, -0.2) is 65.4 Å². The molecule has 2 saturated heterocycles. The fourth-order valence-electron chi connectivity index (χ4n) is 5.43. The molecule has 0 radical (unpaired) electrons. The molecule has 2 aliphatic heterocycles. The zero-order chi connectivity index (χ0) is 21.3. The Labute approximate surface area is 180 Å². The molecule has 2 amide bonds. The van der Waals surface area contributed by atoms with Crippen molar-refractivity contribution in [1.82, 2.24) is 15.1 Å². The lowest BCUT2D eigenvalue weighted by Gasteiger charge is -2.43. The summed E-state index contributed by atoms with van der Waals surface area (Å²) in [6.07, 6.45) is 6.64. The molecule has 1 atom stereocenters.